The van der Waals surface area contributed by atoms with Gasteiger partial charge in [0.25, 0.3) is 0 Å². The average molecular weight is 259 g/mol. The zero-order valence-corrected chi connectivity index (χ0v) is 12.6. The van der Waals surface area contributed by atoms with Gasteiger partial charge in [0.05, 0.1) is 0 Å². The van der Waals surface area contributed by atoms with Crippen molar-refractivity contribution < 1.29 is 0 Å². The minimum atomic E-state index is 0.923. The summed E-state index contributed by atoms with van der Waals surface area (Å²) in [7, 11) is 4.39. The summed E-state index contributed by atoms with van der Waals surface area (Å²) in [6.45, 7) is 1.26. The van der Waals surface area contributed by atoms with Gasteiger partial charge in [-0.1, -0.05) is 23.8 Å². The van der Waals surface area contributed by atoms with Crippen molar-refractivity contribution in [2.24, 2.45) is 23.7 Å². The molecule has 4 unspecified atom stereocenters. The van der Waals surface area contributed by atoms with Crippen molar-refractivity contribution in [2.45, 2.75) is 44.9 Å². The van der Waals surface area contributed by atoms with E-state index in [1.54, 1.807) is 5.57 Å². The van der Waals surface area contributed by atoms with Crippen LogP contribution in [0, 0.1) is 23.7 Å². The third-order valence-electron chi connectivity index (χ3n) is 5.61. The number of hydrogen-bond donors (Lipinski definition) is 0. The summed E-state index contributed by atoms with van der Waals surface area (Å²) in [6.07, 6.45) is 17.4. The van der Waals surface area contributed by atoms with Crippen LogP contribution in [-0.2, 0) is 0 Å². The maximum absolute atomic E-state index is 2.66. The van der Waals surface area contributed by atoms with Gasteiger partial charge in [-0.05, 0) is 89.3 Å². The molecule has 0 amide bonds. The van der Waals surface area contributed by atoms with E-state index in [0.29, 0.717) is 0 Å². The lowest BCUT2D eigenvalue weighted by Gasteiger charge is -2.36. The van der Waals surface area contributed by atoms with Crippen LogP contribution in [0.2, 0.25) is 0 Å². The molecule has 0 aromatic carbocycles. The SMILES string of the molecule is CN(C)CCCC1CCC2C=C3CC=CCC3C2C1. The first-order chi connectivity index (χ1) is 9.24. The Kier molecular flexibility index (Phi) is 4.12. The van der Waals surface area contributed by atoms with Gasteiger partial charge in [-0.3, -0.25) is 0 Å². The van der Waals surface area contributed by atoms with Crippen LogP contribution in [-0.4, -0.2) is 25.5 Å². The molecule has 4 atom stereocenters. The topological polar surface area (TPSA) is 3.24 Å². The number of rotatable bonds is 4. The Morgan fingerprint density at radius 2 is 2.11 bits per heavy atom. The monoisotopic (exact) mass is 259 g/mol. The molecule has 1 heteroatoms. The molecular weight excluding hydrogens is 230 g/mol. The van der Waals surface area contributed by atoms with Crippen molar-refractivity contribution in [2.75, 3.05) is 20.6 Å². The van der Waals surface area contributed by atoms with Gasteiger partial charge in [0.2, 0.25) is 0 Å². The number of hydrogen-bond acceptors (Lipinski definition) is 1. The second kappa shape index (κ2) is 5.83. The zero-order valence-electron chi connectivity index (χ0n) is 12.6. The van der Waals surface area contributed by atoms with Crippen molar-refractivity contribution in [1.82, 2.24) is 4.90 Å². The van der Waals surface area contributed by atoms with Gasteiger partial charge in [0.1, 0.15) is 0 Å². The highest BCUT2D eigenvalue weighted by molar-refractivity contribution is 5.25. The summed E-state index contributed by atoms with van der Waals surface area (Å²) in [6, 6.07) is 0. The number of allylic oxidation sites excluding steroid dienone is 4. The van der Waals surface area contributed by atoms with Crippen molar-refractivity contribution in [3.05, 3.63) is 23.8 Å². The Hall–Kier alpha value is -0.560. The van der Waals surface area contributed by atoms with Crippen molar-refractivity contribution in [1.29, 1.82) is 0 Å². The van der Waals surface area contributed by atoms with Gasteiger partial charge in [-0.2, -0.15) is 0 Å². The third-order valence-corrected chi connectivity index (χ3v) is 5.61. The summed E-state index contributed by atoms with van der Waals surface area (Å²) in [4.78, 5) is 2.33. The van der Waals surface area contributed by atoms with Gasteiger partial charge in [0, 0.05) is 0 Å². The molecule has 0 N–H and O–H groups in total. The van der Waals surface area contributed by atoms with E-state index in [1.807, 2.05) is 0 Å². The van der Waals surface area contributed by atoms with Crippen LogP contribution >= 0.6 is 0 Å². The Balaban J connectivity index is 1.54. The number of fused-ring (bicyclic) bond motifs is 3. The second-order valence-corrected chi connectivity index (χ2v) is 7.21. The van der Waals surface area contributed by atoms with Crippen molar-refractivity contribution >= 4 is 0 Å². The van der Waals surface area contributed by atoms with Crippen LogP contribution < -0.4 is 0 Å². The maximum Gasteiger partial charge on any atom is -0.00247 e. The third kappa shape index (κ3) is 2.97. The fourth-order valence-electron chi connectivity index (χ4n) is 4.63. The molecule has 19 heavy (non-hydrogen) atoms. The van der Waals surface area contributed by atoms with E-state index in [1.165, 1.54) is 51.5 Å². The quantitative estimate of drug-likeness (QED) is 0.682. The molecule has 3 aliphatic carbocycles. The van der Waals surface area contributed by atoms with E-state index in [2.05, 4.69) is 37.2 Å². The molecule has 3 aliphatic rings. The molecule has 0 aliphatic heterocycles. The molecule has 0 saturated heterocycles. The molecule has 0 spiro atoms. The van der Waals surface area contributed by atoms with Gasteiger partial charge < -0.3 is 4.90 Å². The molecule has 0 radical (unpaired) electrons. The van der Waals surface area contributed by atoms with Crippen LogP contribution in [0.5, 0.6) is 0 Å². The highest BCUT2D eigenvalue weighted by atomic mass is 15.0. The molecule has 1 fully saturated rings. The van der Waals surface area contributed by atoms with Crippen LogP contribution in [0.3, 0.4) is 0 Å². The Morgan fingerprint density at radius 3 is 2.95 bits per heavy atom. The van der Waals surface area contributed by atoms with E-state index < -0.39 is 0 Å². The van der Waals surface area contributed by atoms with Gasteiger partial charge in [-0.25, -0.2) is 0 Å². The fraction of sp³-hybridized carbons (Fsp3) is 0.778. The molecule has 0 heterocycles. The first-order valence-electron chi connectivity index (χ1n) is 8.24. The molecule has 106 valence electrons. The predicted octanol–water partition coefficient (Wildman–Crippen LogP) is 4.27. The molecular formula is C18H29N. The molecule has 3 rings (SSSR count). The normalized spacial score (nSPS) is 37.1. The molecule has 1 nitrogen and oxygen atoms in total. The number of nitrogens with zero attached hydrogens (tertiary/aromatic N) is 1. The van der Waals surface area contributed by atoms with Gasteiger partial charge in [-0.15, -0.1) is 0 Å². The Bertz CT molecular complexity index is 366. The standard InChI is InChI=1S/C18H29N/c1-19(2)11-5-6-14-9-10-16-13-15-7-3-4-8-17(15)18(16)12-14/h3-4,13-14,16-18H,5-12H2,1-2H3. The minimum Gasteiger partial charge on any atom is -0.309 e. The van der Waals surface area contributed by atoms with Crippen molar-refractivity contribution in [3.63, 3.8) is 0 Å². The van der Waals surface area contributed by atoms with E-state index in [0.717, 1.165) is 23.7 Å². The first-order valence-corrected chi connectivity index (χ1v) is 8.24. The molecule has 0 aromatic rings. The Morgan fingerprint density at radius 1 is 1.21 bits per heavy atom. The van der Waals surface area contributed by atoms with E-state index in [9.17, 15) is 0 Å². The fourth-order valence-corrected chi connectivity index (χ4v) is 4.63. The highest BCUT2D eigenvalue weighted by Gasteiger charge is 2.40. The predicted molar refractivity (Wildman–Crippen MR) is 82.1 cm³/mol. The summed E-state index contributed by atoms with van der Waals surface area (Å²) < 4.78 is 0. The van der Waals surface area contributed by atoms with E-state index in [4.69, 9.17) is 0 Å². The lowest BCUT2D eigenvalue weighted by molar-refractivity contribution is 0.172. The largest absolute Gasteiger partial charge is 0.309 e. The molecule has 1 saturated carbocycles. The lowest BCUT2D eigenvalue weighted by Crippen LogP contribution is -2.27. The Labute approximate surface area is 118 Å². The zero-order chi connectivity index (χ0) is 13.2. The van der Waals surface area contributed by atoms with Crippen LogP contribution in [0.25, 0.3) is 0 Å². The molecule has 0 bridgehead atoms. The highest BCUT2D eigenvalue weighted by Crippen LogP contribution is 2.50. The van der Waals surface area contributed by atoms with Gasteiger partial charge in [0.15, 0.2) is 0 Å². The maximum atomic E-state index is 2.66. The molecule has 0 aromatic heterocycles. The first kappa shape index (κ1) is 13.4. The van der Waals surface area contributed by atoms with Crippen LogP contribution in [0.15, 0.2) is 23.8 Å². The van der Waals surface area contributed by atoms with Gasteiger partial charge >= 0.3 is 0 Å². The summed E-state index contributed by atoms with van der Waals surface area (Å²) in [5.41, 5.74) is 1.78. The van der Waals surface area contributed by atoms with Crippen LogP contribution in [0.1, 0.15) is 44.9 Å². The lowest BCUT2D eigenvalue weighted by atomic mass is 9.69. The minimum absolute atomic E-state index is 0.923. The smallest absolute Gasteiger partial charge is 0.00247 e. The van der Waals surface area contributed by atoms with Crippen LogP contribution in [0.4, 0.5) is 0 Å². The van der Waals surface area contributed by atoms with Crippen molar-refractivity contribution in [3.8, 4) is 0 Å². The van der Waals surface area contributed by atoms with E-state index >= 15 is 0 Å². The summed E-state index contributed by atoms with van der Waals surface area (Å²) >= 11 is 0. The summed E-state index contributed by atoms with van der Waals surface area (Å²) in [5.74, 6) is 3.87. The second-order valence-electron chi connectivity index (χ2n) is 7.21. The van der Waals surface area contributed by atoms with E-state index in [-0.39, 0.29) is 0 Å². The average Bonchev–Trinajstić information content (AvgIpc) is 2.76. The summed E-state index contributed by atoms with van der Waals surface area (Å²) in [5, 5.41) is 0.